The number of aliphatic carboxylic acids is 1. The largest absolute Gasteiger partial charge is 0.480 e. The molecular weight excluding hydrogens is 765 g/mol. The third-order valence-corrected chi connectivity index (χ3v) is 9.58. The number of esters is 2. The van der Waals surface area contributed by atoms with Crippen LogP contribution in [0, 0.1) is 0 Å². The van der Waals surface area contributed by atoms with Gasteiger partial charge in [-0.1, -0.05) is 112 Å². The number of phosphoric acid groups is 1. The Kier molecular flexibility index (Phi) is 36.0. The fourth-order valence-corrected chi connectivity index (χ4v) is 5.89. The number of hydrogen-bond acceptors (Lipinski definition) is 11. The Balaban J connectivity index is 4.72. The zero-order valence-corrected chi connectivity index (χ0v) is 36.0. The molecule has 6 N–H and O–H groups in total. The smallest absolute Gasteiger partial charge is 0.472 e. The molecule has 0 amide bonds. The Morgan fingerprint density at radius 1 is 0.603 bits per heavy atom. The lowest BCUT2D eigenvalue weighted by molar-refractivity contribution is -0.161. The second-order valence-corrected chi connectivity index (χ2v) is 15.5. The second-order valence-electron chi connectivity index (χ2n) is 14.1. The molecule has 14 heteroatoms. The molecule has 0 aromatic heterocycles. The van der Waals surface area contributed by atoms with E-state index in [9.17, 15) is 34.1 Å². The van der Waals surface area contributed by atoms with Crippen LogP contribution in [0.3, 0.4) is 0 Å². The van der Waals surface area contributed by atoms with Crippen LogP contribution in [0.1, 0.15) is 142 Å². The molecule has 58 heavy (non-hydrogen) atoms. The molecule has 0 bridgehead atoms. The van der Waals surface area contributed by atoms with Gasteiger partial charge in [0.15, 0.2) is 6.10 Å². The van der Waals surface area contributed by atoms with Crippen LogP contribution in [0.2, 0.25) is 0 Å². The predicted octanol–water partition coefficient (Wildman–Crippen LogP) is 8.89. The van der Waals surface area contributed by atoms with E-state index in [2.05, 4.69) is 73.1 Å². The van der Waals surface area contributed by atoms with Gasteiger partial charge in [0, 0.05) is 12.8 Å². The summed E-state index contributed by atoms with van der Waals surface area (Å²) < 4.78 is 32.4. The topological polar surface area (TPSA) is 212 Å². The SMILES string of the molecule is CCCCC/C=C\C/C=C\C/C=C\CCCCC(=O)OC[C@H](COP(=O)(O)OC[C@H](N)C(=O)O)OC(=O)CCCC(O)C(O)C/C=C\C/C=C\C/C=C\CCCCC. The summed E-state index contributed by atoms with van der Waals surface area (Å²) in [7, 11) is -4.81. The van der Waals surface area contributed by atoms with Crippen molar-refractivity contribution in [3.05, 3.63) is 72.9 Å². The molecule has 0 aromatic carbocycles. The van der Waals surface area contributed by atoms with E-state index in [4.69, 9.17) is 24.8 Å². The molecule has 0 aliphatic heterocycles. The van der Waals surface area contributed by atoms with Crippen LogP contribution in [0.4, 0.5) is 0 Å². The maximum Gasteiger partial charge on any atom is 0.472 e. The number of carboxylic acids is 1. The van der Waals surface area contributed by atoms with Gasteiger partial charge in [0.2, 0.25) is 0 Å². The van der Waals surface area contributed by atoms with E-state index in [0.29, 0.717) is 12.8 Å². The van der Waals surface area contributed by atoms with Gasteiger partial charge in [0.1, 0.15) is 12.6 Å². The lowest BCUT2D eigenvalue weighted by Crippen LogP contribution is -2.34. The number of aliphatic hydroxyl groups is 2. The third-order valence-electron chi connectivity index (χ3n) is 8.63. The quantitative estimate of drug-likeness (QED) is 0.0170. The second kappa shape index (κ2) is 38.1. The number of ether oxygens (including phenoxy) is 2. The van der Waals surface area contributed by atoms with Crippen LogP contribution >= 0.6 is 7.82 Å². The van der Waals surface area contributed by atoms with E-state index in [1.165, 1.54) is 38.5 Å². The molecule has 332 valence electrons. The molecule has 0 rings (SSSR count). The number of carbonyl (C=O) groups excluding carboxylic acids is 2. The maximum atomic E-state index is 12.6. The van der Waals surface area contributed by atoms with Gasteiger partial charge in [-0.25, -0.2) is 4.57 Å². The van der Waals surface area contributed by atoms with Crippen LogP contribution in [-0.4, -0.2) is 82.3 Å². The van der Waals surface area contributed by atoms with Gasteiger partial charge in [0.05, 0.1) is 25.4 Å². The van der Waals surface area contributed by atoms with Crippen LogP contribution < -0.4 is 5.73 Å². The maximum absolute atomic E-state index is 12.6. The summed E-state index contributed by atoms with van der Waals surface area (Å²) in [5.41, 5.74) is 5.31. The van der Waals surface area contributed by atoms with E-state index < -0.39 is 69.9 Å². The predicted molar refractivity (Wildman–Crippen MR) is 229 cm³/mol. The lowest BCUT2D eigenvalue weighted by atomic mass is 10.0. The fourth-order valence-electron chi connectivity index (χ4n) is 5.11. The summed E-state index contributed by atoms with van der Waals surface area (Å²) >= 11 is 0. The molecule has 0 radical (unpaired) electrons. The number of carbonyl (C=O) groups is 3. The van der Waals surface area contributed by atoms with Crippen molar-refractivity contribution in [2.24, 2.45) is 5.73 Å². The van der Waals surface area contributed by atoms with E-state index in [0.717, 1.165) is 44.9 Å². The molecule has 0 fully saturated rings. The van der Waals surface area contributed by atoms with Gasteiger partial charge in [-0.15, -0.1) is 0 Å². The first kappa shape index (κ1) is 54.8. The van der Waals surface area contributed by atoms with Crippen molar-refractivity contribution in [1.82, 2.24) is 0 Å². The number of allylic oxidation sites excluding steroid dienone is 11. The standard InChI is InChI=1S/C44H74NO12P/c1-3-5-7-9-11-13-15-17-18-19-21-23-25-27-29-33-42(48)54-35-38(36-55-58(52,53)56-37-39(45)44(50)51)57-43(49)34-30-32-41(47)40(46)31-28-26-24-22-20-16-14-12-10-8-6-4-2/h11-14,17-18,20-23,26,28,38-41,46-47H,3-10,15-16,19,24-25,27,29-37,45H2,1-2H3,(H,50,51)(H,52,53)/b13-11-,14-12-,18-17-,22-20-,23-21-,28-26-/t38-,39+,40?,41?/m1/s1. The monoisotopic (exact) mass is 839 g/mol. The average molecular weight is 840 g/mol. The number of carboxylic acid groups (broad SMARTS) is 1. The first-order valence-corrected chi connectivity index (χ1v) is 22.6. The van der Waals surface area contributed by atoms with Crippen LogP contribution in [0.15, 0.2) is 72.9 Å². The molecule has 0 aliphatic carbocycles. The number of aliphatic hydroxyl groups excluding tert-OH is 2. The number of rotatable bonds is 38. The normalized spacial score (nSPS) is 15.6. The highest BCUT2D eigenvalue weighted by molar-refractivity contribution is 7.47. The number of phosphoric ester groups is 1. The summed E-state index contributed by atoms with van der Waals surface area (Å²) in [4.78, 5) is 46.0. The number of hydrogen-bond donors (Lipinski definition) is 5. The Morgan fingerprint density at radius 2 is 1.07 bits per heavy atom. The molecule has 0 spiro atoms. The van der Waals surface area contributed by atoms with Crippen LogP contribution in [0.25, 0.3) is 0 Å². The molecule has 0 aliphatic rings. The molecule has 0 saturated heterocycles. The molecule has 0 heterocycles. The summed E-state index contributed by atoms with van der Waals surface area (Å²) in [6.07, 6.45) is 37.1. The fraction of sp³-hybridized carbons (Fsp3) is 0.659. The average Bonchev–Trinajstić information content (AvgIpc) is 3.19. The van der Waals surface area contributed by atoms with E-state index in [1.54, 1.807) is 6.08 Å². The summed E-state index contributed by atoms with van der Waals surface area (Å²) in [5.74, 6) is -2.76. The zero-order valence-electron chi connectivity index (χ0n) is 35.1. The van der Waals surface area contributed by atoms with Crippen molar-refractivity contribution in [3.8, 4) is 0 Å². The molecule has 0 saturated carbocycles. The first-order chi connectivity index (χ1) is 27.9. The van der Waals surface area contributed by atoms with E-state index in [1.807, 2.05) is 12.2 Å². The minimum Gasteiger partial charge on any atom is -0.480 e. The molecule has 13 nitrogen and oxygen atoms in total. The number of nitrogens with two attached hydrogens (primary N) is 1. The lowest BCUT2D eigenvalue weighted by Gasteiger charge is -2.20. The Bertz CT molecular complexity index is 1290. The molecule has 3 unspecified atom stereocenters. The van der Waals surface area contributed by atoms with Gasteiger partial charge >= 0.3 is 25.7 Å². The number of unbranched alkanes of at least 4 members (excludes halogenated alkanes) is 8. The first-order valence-electron chi connectivity index (χ1n) is 21.1. The van der Waals surface area contributed by atoms with Gasteiger partial charge in [-0.3, -0.25) is 23.4 Å². The highest BCUT2D eigenvalue weighted by atomic mass is 31.2. The van der Waals surface area contributed by atoms with Gasteiger partial charge in [0.25, 0.3) is 0 Å². The Morgan fingerprint density at radius 3 is 1.59 bits per heavy atom. The minimum absolute atomic E-state index is 0.108. The molecular formula is C44H74NO12P. The highest BCUT2D eigenvalue weighted by Crippen LogP contribution is 2.43. The van der Waals surface area contributed by atoms with Crippen LogP contribution in [-0.2, 0) is 37.5 Å². The summed E-state index contributed by atoms with van der Waals surface area (Å²) in [6, 6.07) is -1.58. The summed E-state index contributed by atoms with van der Waals surface area (Å²) in [5, 5.41) is 29.6. The van der Waals surface area contributed by atoms with Gasteiger partial charge in [-0.2, -0.15) is 0 Å². The van der Waals surface area contributed by atoms with Crippen molar-refractivity contribution >= 4 is 25.7 Å². The van der Waals surface area contributed by atoms with Crippen molar-refractivity contribution < 1.29 is 57.7 Å². The Labute approximate surface area is 347 Å². The molecule has 5 atom stereocenters. The van der Waals surface area contributed by atoms with Gasteiger partial charge < -0.3 is 35.4 Å². The van der Waals surface area contributed by atoms with Crippen molar-refractivity contribution in [1.29, 1.82) is 0 Å². The van der Waals surface area contributed by atoms with Crippen molar-refractivity contribution in [3.63, 3.8) is 0 Å². The minimum atomic E-state index is -4.81. The van der Waals surface area contributed by atoms with Crippen LogP contribution in [0.5, 0.6) is 0 Å². The van der Waals surface area contributed by atoms with Gasteiger partial charge in [-0.05, 0) is 89.9 Å². The van der Waals surface area contributed by atoms with Crippen molar-refractivity contribution in [2.75, 3.05) is 19.8 Å². The highest BCUT2D eigenvalue weighted by Gasteiger charge is 2.28. The van der Waals surface area contributed by atoms with Crippen molar-refractivity contribution in [2.45, 2.75) is 167 Å². The van der Waals surface area contributed by atoms with E-state index >= 15 is 0 Å². The zero-order chi connectivity index (χ0) is 43.1. The van der Waals surface area contributed by atoms with E-state index in [-0.39, 0.29) is 32.1 Å². The third kappa shape index (κ3) is 36.0. The summed E-state index contributed by atoms with van der Waals surface area (Å²) in [6.45, 7) is 2.38. The molecule has 0 aromatic rings. The Hall–Kier alpha value is -3.16.